The smallest absolute Gasteiger partial charge is 0.247 e. The normalized spacial score (nSPS) is 21.2. The summed E-state index contributed by atoms with van der Waals surface area (Å²) in [5.74, 6) is 0. The highest BCUT2D eigenvalue weighted by molar-refractivity contribution is 9.10. The first-order valence-corrected chi connectivity index (χ1v) is 10.3. The number of benzene rings is 1. The molecule has 2 rings (SSSR count). The second-order valence-corrected chi connectivity index (χ2v) is 10.2. The summed E-state index contributed by atoms with van der Waals surface area (Å²) in [7, 11) is -2.38. The van der Waals surface area contributed by atoms with Gasteiger partial charge < -0.3 is 10.1 Å². The van der Waals surface area contributed by atoms with Gasteiger partial charge in [0.25, 0.3) is 0 Å². The van der Waals surface area contributed by atoms with Crippen LogP contribution in [0, 0.1) is 0 Å². The van der Waals surface area contributed by atoms with E-state index >= 15 is 0 Å². The van der Waals surface area contributed by atoms with Crippen molar-refractivity contribution in [1.29, 1.82) is 0 Å². The lowest BCUT2D eigenvalue weighted by Crippen LogP contribution is -2.55. The highest BCUT2D eigenvalue weighted by atomic mass is 79.9. The standard InChI is InChI=1S/C17H22BrClN2O3S/c1-16(2,3)13-5-7-15(8-6-13)25(22,23)21(12-24-4)17(18)10-9-14(19)11-20-17/h5-11,20H,12H2,1-4H3. The van der Waals surface area contributed by atoms with Gasteiger partial charge in [-0.1, -0.05) is 44.5 Å². The number of halogens is 2. The maximum atomic E-state index is 13.2. The van der Waals surface area contributed by atoms with Crippen molar-refractivity contribution in [2.75, 3.05) is 13.8 Å². The molecule has 0 amide bonds. The molecule has 1 heterocycles. The summed E-state index contributed by atoms with van der Waals surface area (Å²) in [6.45, 7) is 6.09. The largest absolute Gasteiger partial charge is 0.368 e. The number of allylic oxidation sites excluding steroid dienone is 2. The van der Waals surface area contributed by atoms with E-state index in [1.807, 2.05) is 12.1 Å². The minimum atomic E-state index is -3.83. The van der Waals surface area contributed by atoms with Crippen LogP contribution in [0.3, 0.4) is 0 Å². The van der Waals surface area contributed by atoms with Gasteiger partial charge in [0, 0.05) is 13.3 Å². The summed E-state index contributed by atoms with van der Waals surface area (Å²) in [5.41, 5.74) is 1.00. The Kier molecular flexibility index (Phi) is 6.06. The van der Waals surface area contributed by atoms with Crippen molar-refractivity contribution in [1.82, 2.24) is 9.62 Å². The second-order valence-electron chi connectivity index (χ2n) is 6.73. The van der Waals surface area contributed by atoms with Gasteiger partial charge in [0.1, 0.15) is 6.73 Å². The fourth-order valence-corrected chi connectivity index (χ4v) is 4.80. The van der Waals surface area contributed by atoms with E-state index in [0.29, 0.717) is 5.03 Å². The van der Waals surface area contributed by atoms with Crippen molar-refractivity contribution < 1.29 is 13.2 Å². The molecular weight excluding hydrogens is 428 g/mol. The number of rotatable bonds is 5. The molecular formula is C17H22BrClN2O3S. The van der Waals surface area contributed by atoms with Gasteiger partial charge in [-0.15, -0.1) is 4.31 Å². The van der Waals surface area contributed by atoms with Gasteiger partial charge in [-0.3, -0.25) is 0 Å². The number of nitrogens with zero attached hydrogens (tertiary/aromatic N) is 1. The lowest BCUT2D eigenvalue weighted by molar-refractivity contribution is 0.0917. The van der Waals surface area contributed by atoms with Crippen molar-refractivity contribution in [2.24, 2.45) is 0 Å². The minimum absolute atomic E-state index is 0.0552. The quantitative estimate of drug-likeness (QED) is 0.421. The molecule has 1 N–H and O–H groups in total. The SMILES string of the molecule is COCN(C1(Br)C=CC(Cl)=CN1)S(=O)(=O)c1ccc(C(C)(C)C)cc1. The van der Waals surface area contributed by atoms with E-state index in [1.54, 1.807) is 24.3 Å². The molecule has 0 aliphatic carbocycles. The highest BCUT2D eigenvalue weighted by Crippen LogP contribution is 2.33. The van der Waals surface area contributed by atoms with Crippen LogP contribution in [0.4, 0.5) is 0 Å². The number of hydrogen-bond acceptors (Lipinski definition) is 4. The molecule has 25 heavy (non-hydrogen) atoms. The first kappa shape index (κ1) is 20.5. The van der Waals surface area contributed by atoms with E-state index in [1.165, 1.54) is 17.6 Å². The Bertz CT molecular complexity index is 785. The van der Waals surface area contributed by atoms with Gasteiger partial charge in [-0.05, 0) is 51.2 Å². The summed E-state index contributed by atoms with van der Waals surface area (Å²) in [5, 5.41) is 3.42. The van der Waals surface area contributed by atoms with Crippen molar-refractivity contribution in [3.63, 3.8) is 0 Å². The fraction of sp³-hybridized carbons (Fsp3) is 0.412. The van der Waals surface area contributed by atoms with Crippen LogP contribution in [0.15, 0.2) is 52.5 Å². The van der Waals surface area contributed by atoms with Crippen LogP contribution < -0.4 is 5.32 Å². The van der Waals surface area contributed by atoms with E-state index in [0.717, 1.165) is 5.56 Å². The molecule has 0 saturated carbocycles. The number of methoxy groups -OCH3 is 1. The van der Waals surface area contributed by atoms with Gasteiger partial charge in [-0.2, -0.15) is 0 Å². The molecule has 5 nitrogen and oxygen atoms in total. The predicted molar refractivity (Wildman–Crippen MR) is 104 cm³/mol. The Morgan fingerprint density at radius 2 is 1.88 bits per heavy atom. The Morgan fingerprint density at radius 3 is 2.32 bits per heavy atom. The Hall–Kier alpha value is -0.860. The van der Waals surface area contributed by atoms with Crippen LogP contribution in [0.1, 0.15) is 26.3 Å². The van der Waals surface area contributed by atoms with Crippen molar-refractivity contribution in [3.8, 4) is 0 Å². The van der Waals surface area contributed by atoms with Gasteiger partial charge in [0.15, 0.2) is 4.57 Å². The number of nitrogens with one attached hydrogen (secondary N) is 1. The monoisotopic (exact) mass is 448 g/mol. The van der Waals surface area contributed by atoms with Crippen LogP contribution >= 0.6 is 27.5 Å². The number of dihydropyridines is 1. The molecule has 0 radical (unpaired) electrons. The summed E-state index contributed by atoms with van der Waals surface area (Å²) in [4.78, 5) is 0.187. The average Bonchev–Trinajstić information content (AvgIpc) is 2.54. The maximum Gasteiger partial charge on any atom is 0.247 e. The van der Waals surface area contributed by atoms with Crippen LogP contribution in [0.2, 0.25) is 0 Å². The molecule has 0 bridgehead atoms. The van der Waals surface area contributed by atoms with Gasteiger partial charge in [0.05, 0.1) is 9.93 Å². The molecule has 0 saturated heterocycles. The molecule has 1 atom stereocenters. The third-order valence-electron chi connectivity index (χ3n) is 3.79. The molecule has 0 fully saturated rings. The van der Waals surface area contributed by atoms with Gasteiger partial charge in [-0.25, -0.2) is 8.42 Å². The number of sulfonamides is 1. The van der Waals surface area contributed by atoms with E-state index < -0.39 is 14.6 Å². The molecule has 1 aliphatic rings. The number of ether oxygens (including phenoxy) is 1. The first-order chi connectivity index (χ1) is 11.5. The molecule has 1 aliphatic heterocycles. The summed E-state index contributed by atoms with van der Waals surface area (Å²) in [6, 6.07) is 6.90. The lowest BCUT2D eigenvalue weighted by Gasteiger charge is -2.37. The Balaban J connectivity index is 2.42. The minimum Gasteiger partial charge on any atom is -0.368 e. The van der Waals surface area contributed by atoms with Crippen molar-refractivity contribution in [2.45, 2.75) is 35.7 Å². The third kappa shape index (κ3) is 4.46. The number of hydrogen-bond donors (Lipinski definition) is 1. The zero-order valence-electron chi connectivity index (χ0n) is 14.6. The van der Waals surface area contributed by atoms with Gasteiger partial charge >= 0.3 is 0 Å². The zero-order valence-corrected chi connectivity index (χ0v) is 17.7. The third-order valence-corrected chi connectivity index (χ3v) is 7.03. The average molecular weight is 450 g/mol. The van der Waals surface area contributed by atoms with Crippen LogP contribution in [-0.4, -0.2) is 31.1 Å². The van der Waals surface area contributed by atoms with E-state index in [9.17, 15) is 8.42 Å². The lowest BCUT2D eigenvalue weighted by atomic mass is 9.87. The van der Waals surface area contributed by atoms with Crippen molar-refractivity contribution in [3.05, 3.63) is 53.2 Å². The summed E-state index contributed by atoms with van der Waals surface area (Å²) < 4.78 is 31.5. The second kappa shape index (κ2) is 7.40. The highest BCUT2D eigenvalue weighted by Gasteiger charge is 2.41. The van der Waals surface area contributed by atoms with Gasteiger partial charge in [0.2, 0.25) is 10.0 Å². The van der Waals surface area contributed by atoms with E-state index in [4.69, 9.17) is 16.3 Å². The van der Waals surface area contributed by atoms with Crippen LogP contribution in [0.5, 0.6) is 0 Å². The van der Waals surface area contributed by atoms with E-state index in [2.05, 4.69) is 42.0 Å². The summed E-state index contributed by atoms with van der Waals surface area (Å²) in [6.07, 6.45) is 4.76. The van der Waals surface area contributed by atoms with Crippen LogP contribution in [-0.2, 0) is 20.2 Å². The van der Waals surface area contributed by atoms with Crippen molar-refractivity contribution >= 4 is 37.6 Å². The Labute approximate surface area is 162 Å². The summed E-state index contributed by atoms with van der Waals surface area (Å²) >= 11 is 9.34. The molecule has 138 valence electrons. The number of alkyl halides is 1. The zero-order chi connectivity index (χ0) is 18.9. The molecule has 1 aromatic carbocycles. The molecule has 0 spiro atoms. The molecule has 0 aromatic heterocycles. The molecule has 1 aromatic rings. The molecule has 1 unspecified atom stereocenters. The first-order valence-electron chi connectivity index (χ1n) is 7.64. The maximum absolute atomic E-state index is 13.2. The predicted octanol–water partition coefficient (Wildman–Crippen LogP) is 3.87. The molecule has 8 heteroatoms. The Morgan fingerprint density at radius 1 is 1.28 bits per heavy atom. The topological polar surface area (TPSA) is 58.6 Å². The van der Waals surface area contributed by atoms with E-state index in [-0.39, 0.29) is 17.0 Å². The van der Waals surface area contributed by atoms with Crippen LogP contribution in [0.25, 0.3) is 0 Å². The fourth-order valence-electron chi connectivity index (χ4n) is 2.32.